The molecule has 1 aromatic rings. The van der Waals surface area contributed by atoms with Crippen molar-refractivity contribution in [1.29, 1.82) is 0 Å². The molecule has 0 bridgehead atoms. The molecule has 3 heteroatoms. The highest BCUT2D eigenvalue weighted by atomic mass is 16.2. The maximum atomic E-state index is 11.5. The Morgan fingerprint density at radius 2 is 2.25 bits per heavy atom. The van der Waals surface area contributed by atoms with Crippen molar-refractivity contribution in [3.05, 3.63) is 29.6 Å². The van der Waals surface area contributed by atoms with E-state index in [0.717, 1.165) is 18.7 Å². The van der Waals surface area contributed by atoms with Crippen molar-refractivity contribution in [2.24, 2.45) is 0 Å². The van der Waals surface area contributed by atoms with Crippen LogP contribution >= 0.6 is 0 Å². The van der Waals surface area contributed by atoms with Gasteiger partial charge in [-0.15, -0.1) is 0 Å². The SMILES string of the molecule is CC.CCC(=O)N1CCc2cccnc2C1. The van der Waals surface area contributed by atoms with Crippen LogP contribution in [0.5, 0.6) is 0 Å². The molecule has 0 saturated carbocycles. The highest BCUT2D eigenvalue weighted by Crippen LogP contribution is 2.16. The summed E-state index contributed by atoms with van der Waals surface area (Å²) in [5.41, 5.74) is 2.34. The lowest BCUT2D eigenvalue weighted by Gasteiger charge is -2.27. The van der Waals surface area contributed by atoms with E-state index in [0.29, 0.717) is 13.0 Å². The average molecular weight is 220 g/mol. The van der Waals surface area contributed by atoms with E-state index in [1.54, 1.807) is 6.20 Å². The summed E-state index contributed by atoms with van der Waals surface area (Å²) in [6.07, 6.45) is 3.32. The predicted molar refractivity (Wildman–Crippen MR) is 65.0 cm³/mol. The van der Waals surface area contributed by atoms with E-state index in [9.17, 15) is 4.79 Å². The fourth-order valence-electron chi connectivity index (χ4n) is 1.79. The quantitative estimate of drug-likeness (QED) is 0.728. The molecule has 0 atom stereocenters. The number of rotatable bonds is 1. The number of hydrogen-bond acceptors (Lipinski definition) is 2. The van der Waals surface area contributed by atoms with Gasteiger partial charge in [-0.2, -0.15) is 0 Å². The van der Waals surface area contributed by atoms with Crippen molar-refractivity contribution in [3.63, 3.8) is 0 Å². The van der Waals surface area contributed by atoms with Gasteiger partial charge in [-0.1, -0.05) is 26.8 Å². The Balaban J connectivity index is 0.000000606. The molecule has 0 aromatic carbocycles. The van der Waals surface area contributed by atoms with Crippen LogP contribution < -0.4 is 0 Å². The molecule has 0 saturated heterocycles. The van der Waals surface area contributed by atoms with E-state index in [1.807, 2.05) is 31.7 Å². The smallest absolute Gasteiger partial charge is 0.222 e. The number of hydrogen-bond donors (Lipinski definition) is 0. The summed E-state index contributed by atoms with van der Waals surface area (Å²) in [5.74, 6) is 0.223. The van der Waals surface area contributed by atoms with E-state index < -0.39 is 0 Å². The van der Waals surface area contributed by atoms with Crippen LogP contribution in [0, 0.1) is 0 Å². The van der Waals surface area contributed by atoms with Gasteiger partial charge in [0.25, 0.3) is 0 Å². The van der Waals surface area contributed by atoms with E-state index in [-0.39, 0.29) is 5.91 Å². The molecule has 3 nitrogen and oxygen atoms in total. The van der Waals surface area contributed by atoms with Crippen LogP contribution in [0.1, 0.15) is 38.4 Å². The lowest BCUT2D eigenvalue weighted by atomic mass is 10.1. The van der Waals surface area contributed by atoms with Crippen LogP contribution in [0.2, 0.25) is 0 Å². The number of fused-ring (bicyclic) bond motifs is 1. The van der Waals surface area contributed by atoms with Gasteiger partial charge >= 0.3 is 0 Å². The molecule has 0 radical (unpaired) electrons. The fraction of sp³-hybridized carbons (Fsp3) is 0.538. The van der Waals surface area contributed by atoms with E-state index in [4.69, 9.17) is 0 Å². The van der Waals surface area contributed by atoms with Crippen molar-refractivity contribution in [1.82, 2.24) is 9.88 Å². The molecule has 1 aliphatic heterocycles. The Bertz CT molecular complexity index is 350. The first-order valence-corrected chi connectivity index (χ1v) is 6.02. The topological polar surface area (TPSA) is 33.2 Å². The summed E-state index contributed by atoms with van der Waals surface area (Å²) < 4.78 is 0. The molecule has 1 aliphatic rings. The van der Waals surface area contributed by atoms with Gasteiger partial charge in [0, 0.05) is 19.2 Å². The van der Waals surface area contributed by atoms with Crippen molar-refractivity contribution in [2.75, 3.05) is 6.54 Å². The number of aromatic nitrogens is 1. The molecule has 2 heterocycles. The summed E-state index contributed by atoms with van der Waals surface area (Å²) in [6, 6.07) is 4.05. The first-order valence-electron chi connectivity index (χ1n) is 6.02. The van der Waals surface area contributed by atoms with Gasteiger partial charge in [0.05, 0.1) is 12.2 Å². The largest absolute Gasteiger partial charge is 0.336 e. The maximum Gasteiger partial charge on any atom is 0.222 e. The first-order chi connectivity index (χ1) is 7.81. The predicted octanol–water partition coefficient (Wildman–Crippen LogP) is 2.40. The molecule has 88 valence electrons. The van der Waals surface area contributed by atoms with Crippen molar-refractivity contribution >= 4 is 5.91 Å². The number of amides is 1. The molecule has 1 amide bonds. The summed E-state index contributed by atoms with van der Waals surface area (Å²) in [7, 11) is 0. The second kappa shape index (κ2) is 6.26. The van der Waals surface area contributed by atoms with Gasteiger partial charge < -0.3 is 4.90 Å². The third-order valence-corrected chi connectivity index (χ3v) is 2.63. The fourth-order valence-corrected chi connectivity index (χ4v) is 1.79. The first kappa shape index (κ1) is 12.7. The molecule has 0 unspecified atom stereocenters. The zero-order valence-electron chi connectivity index (χ0n) is 10.4. The summed E-state index contributed by atoms with van der Waals surface area (Å²) in [4.78, 5) is 17.7. The molecule has 0 N–H and O–H groups in total. The van der Waals surface area contributed by atoms with Crippen molar-refractivity contribution < 1.29 is 4.79 Å². The minimum atomic E-state index is 0.223. The van der Waals surface area contributed by atoms with Gasteiger partial charge in [-0.05, 0) is 18.1 Å². The Labute approximate surface area is 97.5 Å². The highest BCUT2D eigenvalue weighted by molar-refractivity contribution is 5.76. The third-order valence-electron chi connectivity index (χ3n) is 2.63. The maximum absolute atomic E-state index is 11.5. The molecule has 1 aromatic heterocycles. The Morgan fingerprint density at radius 1 is 1.50 bits per heavy atom. The molecular weight excluding hydrogens is 200 g/mol. The second-order valence-electron chi connectivity index (χ2n) is 3.53. The van der Waals surface area contributed by atoms with Gasteiger partial charge in [-0.25, -0.2) is 0 Å². The van der Waals surface area contributed by atoms with Crippen LogP contribution in [0.3, 0.4) is 0 Å². The zero-order chi connectivity index (χ0) is 12.0. The lowest BCUT2D eigenvalue weighted by Crippen LogP contribution is -2.35. The summed E-state index contributed by atoms with van der Waals surface area (Å²) in [5, 5.41) is 0. The van der Waals surface area contributed by atoms with Crippen LogP contribution in [-0.4, -0.2) is 22.3 Å². The molecular formula is C13H20N2O. The number of pyridine rings is 1. The molecule has 16 heavy (non-hydrogen) atoms. The minimum absolute atomic E-state index is 0.223. The zero-order valence-corrected chi connectivity index (χ0v) is 10.4. The van der Waals surface area contributed by atoms with Gasteiger partial charge in [0.1, 0.15) is 0 Å². The Kier molecular flexibility index (Phi) is 4.96. The summed E-state index contributed by atoms with van der Waals surface area (Å²) >= 11 is 0. The highest BCUT2D eigenvalue weighted by Gasteiger charge is 2.19. The number of carbonyl (C=O) groups excluding carboxylic acids is 1. The minimum Gasteiger partial charge on any atom is -0.336 e. The monoisotopic (exact) mass is 220 g/mol. The van der Waals surface area contributed by atoms with E-state index in [2.05, 4.69) is 11.1 Å². The van der Waals surface area contributed by atoms with Crippen LogP contribution in [0.4, 0.5) is 0 Å². The van der Waals surface area contributed by atoms with E-state index >= 15 is 0 Å². The third kappa shape index (κ3) is 2.81. The average Bonchev–Trinajstić information content (AvgIpc) is 2.39. The normalized spacial score (nSPS) is 13.6. The van der Waals surface area contributed by atoms with Crippen LogP contribution in [0.15, 0.2) is 18.3 Å². The standard InChI is InChI=1S/C11H14N2O.C2H6/c1-2-11(14)13-7-5-9-4-3-6-12-10(9)8-13;1-2/h3-4,6H,2,5,7-8H2,1H3;1-2H3. The Morgan fingerprint density at radius 3 is 2.94 bits per heavy atom. The van der Waals surface area contributed by atoms with Crippen LogP contribution in [0.25, 0.3) is 0 Å². The van der Waals surface area contributed by atoms with Crippen molar-refractivity contribution in [3.8, 4) is 0 Å². The number of carbonyl (C=O) groups is 1. The molecule has 0 spiro atoms. The second-order valence-corrected chi connectivity index (χ2v) is 3.53. The van der Waals surface area contributed by atoms with Gasteiger partial charge in [0.2, 0.25) is 5.91 Å². The van der Waals surface area contributed by atoms with Crippen LogP contribution in [-0.2, 0) is 17.8 Å². The van der Waals surface area contributed by atoms with E-state index in [1.165, 1.54) is 5.56 Å². The lowest BCUT2D eigenvalue weighted by molar-refractivity contribution is -0.131. The van der Waals surface area contributed by atoms with Gasteiger partial charge in [0.15, 0.2) is 0 Å². The van der Waals surface area contributed by atoms with Gasteiger partial charge in [-0.3, -0.25) is 9.78 Å². The Hall–Kier alpha value is -1.38. The summed E-state index contributed by atoms with van der Waals surface area (Å²) in [6.45, 7) is 7.42. The number of nitrogens with zero attached hydrogens (tertiary/aromatic N) is 2. The molecule has 0 fully saturated rings. The molecule has 0 aliphatic carbocycles. The van der Waals surface area contributed by atoms with Crippen molar-refractivity contribution in [2.45, 2.75) is 40.2 Å². The molecule has 2 rings (SSSR count).